The Balaban J connectivity index is 1.88. The van der Waals surface area contributed by atoms with Gasteiger partial charge in [-0.3, -0.25) is 9.10 Å². The fourth-order valence-electron chi connectivity index (χ4n) is 2.86. The lowest BCUT2D eigenvalue weighted by atomic mass is 10.2. The van der Waals surface area contributed by atoms with E-state index < -0.39 is 10.0 Å². The Morgan fingerprint density at radius 3 is 2.48 bits per heavy atom. The van der Waals surface area contributed by atoms with Gasteiger partial charge >= 0.3 is 0 Å². The van der Waals surface area contributed by atoms with E-state index in [4.69, 9.17) is 11.6 Å². The van der Waals surface area contributed by atoms with Crippen molar-refractivity contribution in [1.29, 1.82) is 0 Å². The predicted octanol–water partition coefficient (Wildman–Crippen LogP) is 4.89. The van der Waals surface area contributed by atoms with Crippen LogP contribution in [0.15, 0.2) is 70.9 Å². The molecule has 5 nitrogen and oxygen atoms in total. The van der Waals surface area contributed by atoms with Crippen LogP contribution >= 0.6 is 22.9 Å². The standard InChI is InChI=1S/C21H21ClN2O3S2/c1-3-24(15-19-10-6-12-28-19)21(25)16-7-4-11-20(13-16)29(26,27)23(2)18-9-5-8-17(22)14-18/h4-14H,3,15H2,1-2H3. The monoisotopic (exact) mass is 448 g/mol. The lowest BCUT2D eigenvalue weighted by Gasteiger charge is -2.22. The summed E-state index contributed by atoms with van der Waals surface area (Å²) in [5.74, 6) is -0.205. The maximum Gasteiger partial charge on any atom is 0.264 e. The third kappa shape index (κ3) is 4.80. The highest BCUT2D eigenvalue weighted by Crippen LogP contribution is 2.25. The Bertz CT molecular complexity index is 1100. The van der Waals surface area contributed by atoms with Crippen molar-refractivity contribution in [3.8, 4) is 0 Å². The van der Waals surface area contributed by atoms with Crippen molar-refractivity contribution in [3.05, 3.63) is 81.5 Å². The van der Waals surface area contributed by atoms with E-state index in [1.807, 2.05) is 24.4 Å². The van der Waals surface area contributed by atoms with E-state index in [2.05, 4.69) is 0 Å². The Hall–Kier alpha value is -2.35. The molecule has 2 aromatic carbocycles. The minimum absolute atomic E-state index is 0.0537. The van der Waals surface area contributed by atoms with E-state index in [1.165, 1.54) is 19.2 Å². The number of carbonyl (C=O) groups is 1. The molecule has 0 spiro atoms. The second-order valence-electron chi connectivity index (χ2n) is 6.38. The number of hydrogen-bond acceptors (Lipinski definition) is 4. The van der Waals surface area contributed by atoms with Gasteiger partial charge in [-0.2, -0.15) is 0 Å². The molecule has 0 N–H and O–H groups in total. The summed E-state index contributed by atoms with van der Waals surface area (Å²) in [5.41, 5.74) is 0.783. The number of hydrogen-bond donors (Lipinski definition) is 0. The lowest BCUT2D eigenvalue weighted by Crippen LogP contribution is -2.30. The summed E-state index contributed by atoms with van der Waals surface area (Å²) in [6.07, 6.45) is 0. The summed E-state index contributed by atoms with van der Waals surface area (Å²) in [6, 6.07) is 16.7. The lowest BCUT2D eigenvalue weighted by molar-refractivity contribution is 0.0754. The second kappa shape index (κ2) is 8.98. The number of carbonyl (C=O) groups excluding carboxylic acids is 1. The van der Waals surface area contributed by atoms with Crippen molar-refractivity contribution in [2.45, 2.75) is 18.4 Å². The molecule has 0 atom stereocenters. The second-order valence-corrected chi connectivity index (χ2v) is 9.82. The summed E-state index contributed by atoms with van der Waals surface area (Å²) in [6.45, 7) is 2.92. The van der Waals surface area contributed by atoms with Crippen LogP contribution in [0, 0.1) is 0 Å². The number of thiophene rings is 1. The molecule has 1 amide bonds. The van der Waals surface area contributed by atoms with Gasteiger partial charge in [-0.05, 0) is 54.8 Å². The Kier molecular flexibility index (Phi) is 6.62. The average molecular weight is 449 g/mol. The van der Waals surface area contributed by atoms with Crippen molar-refractivity contribution < 1.29 is 13.2 Å². The average Bonchev–Trinajstić information content (AvgIpc) is 3.24. The first-order valence-corrected chi connectivity index (χ1v) is 11.7. The van der Waals surface area contributed by atoms with Gasteiger partial charge in [0, 0.05) is 29.1 Å². The van der Waals surface area contributed by atoms with Crippen LogP contribution < -0.4 is 4.31 Å². The highest BCUT2D eigenvalue weighted by atomic mass is 35.5. The van der Waals surface area contributed by atoms with Crippen LogP contribution in [0.5, 0.6) is 0 Å². The molecule has 0 unspecified atom stereocenters. The van der Waals surface area contributed by atoms with Gasteiger partial charge in [0.15, 0.2) is 0 Å². The number of rotatable bonds is 7. The van der Waals surface area contributed by atoms with E-state index in [1.54, 1.807) is 52.6 Å². The van der Waals surface area contributed by atoms with Gasteiger partial charge in [0.25, 0.3) is 15.9 Å². The number of halogens is 1. The Labute approximate surface area is 180 Å². The van der Waals surface area contributed by atoms with Gasteiger partial charge in [0.1, 0.15) is 0 Å². The minimum atomic E-state index is -3.84. The number of benzene rings is 2. The highest BCUT2D eigenvalue weighted by Gasteiger charge is 2.24. The number of nitrogens with zero attached hydrogens (tertiary/aromatic N) is 2. The van der Waals surface area contributed by atoms with E-state index in [0.717, 1.165) is 9.18 Å². The summed E-state index contributed by atoms with van der Waals surface area (Å²) < 4.78 is 27.3. The van der Waals surface area contributed by atoms with Gasteiger partial charge in [-0.15, -0.1) is 11.3 Å². The van der Waals surface area contributed by atoms with Gasteiger partial charge in [-0.1, -0.05) is 29.8 Å². The van der Waals surface area contributed by atoms with Crippen LogP contribution in [-0.2, 0) is 16.6 Å². The fourth-order valence-corrected chi connectivity index (χ4v) is 5.00. The third-order valence-corrected chi connectivity index (χ3v) is 7.38. The van der Waals surface area contributed by atoms with Crippen LogP contribution in [0.1, 0.15) is 22.2 Å². The predicted molar refractivity (Wildman–Crippen MR) is 118 cm³/mol. The molecule has 0 aliphatic heterocycles. The minimum Gasteiger partial charge on any atom is -0.334 e. The normalized spacial score (nSPS) is 11.3. The zero-order valence-corrected chi connectivity index (χ0v) is 18.5. The topological polar surface area (TPSA) is 57.7 Å². The molecule has 3 aromatic rings. The third-order valence-electron chi connectivity index (χ3n) is 4.51. The molecule has 152 valence electrons. The molecule has 0 radical (unpaired) electrons. The Morgan fingerprint density at radius 1 is 1.07 bits per heavy atom. The molecule has 0 saturated carbocycles. The fraction of sp³-hybridized carbons (Fsp3) is 0.190. The molecular weight excluding hydrogens is 428 g/mol. The number of anilines is 1. The molecule has 29 heavy (non-hydrogen) atoms. The van der Waals surface area contributed by atoms with Crippen molar-refractivity contribution in [2.75, 3.05) is 17.9 Å². The van der Waals surface area contributed by atoms with Gasteiger partial charge in [0.2, 0.25) is 0 Å². The van der Waals surface area contributed by atoms with E-state index in [9.17, 15) is 13.2 Å². The zero-order chi connectivity index (χ0) is 21.0. The molecule has 3 rings (SSSR count). The molecule has 8 heteroatoms. The van der Waals surface area contributed by atoms with Crippen LogP contribution in [0.4, 0.5) is 5.69 Å². The van der Waals surface area contributed by atoms with Crippen molar-refractivity contribution >= 4 is 44.6 Å². The summed E-state index contributed by atoms with van der Waals surface area (Å²) >= 11 is 7.57. The zero-order valence-electron chi connectivity index (χ0n) is 16.1. The Morgan fingerprint density at radius 2 is 1.83 bits per heavy atom. The highest BCUT2D eigenvalue weighted by molar-refractivity contribution is 7.92. The first-order chi connectivity index (χ1) is 13.8. The quantitative estimate of drug-likeness (QED) is 0.517. The maximum absolute atomic E-state index is 13.1. The molecule has 1 heterocycles. The van der Waals surface area contributed by atoms with Crippen LogP contribution in [-0.4, -0.2) is 32.8 Å². The SMILES string of the molecule is CCN(Cc1cccs1)C(=O)c1cccc(S(=O)(=O)N(C)c2cccc(Cl)c2)c1. The summed E-state index contributed by atoms with van der Waals surface area (Å²) in [5, 5.41) is 2.41. The van der Waals surface area contributed by atoms with Crippen LogP contribution in [0.3, 0.4) is 0 Å². The molecule has 0 aliphatic rings. The number of amides is 1. The molecule has 0 bridgehead atoms. The van der Waals surface area contributed by atoms with Gasteiger partial charge in [0.05, 0.1) is 17.1 Å². The van der Waals surface area contributed by atoms with Crippen LogP contribution in [0.25, 0.3) is 0 Å². The summed E-state index contributed by atoms with van der Waals surface area (Å²) in [7, 11) is -2.38. The van der Waals surface area contributed by atoms with Gasteiger partial charge < -0.3 is 4.90 Å². The molecular formula is C21H21ClN2O3S2. The van der Waals surface area contributed by atoms with Crippen molar-refractivity contribution in [2.24, 2.45) is 0 Å². The van der Waals surface area contributed by atoms with Crippen molar-refractivity contribution in [1.82, 2.24) is 4.90 Å². The van der Waals surface area contributed by atoms with E-state index in [0.29, 0.717) is 29.4 Å². The first kappa shape index (κ1) is 21.4. The number of sulfonamides is 1. The smallest absolute Gasteiger partial charge is 0.264 e. The first-order valence-electron chi connectivity index (χ1n) is 8.99. The van der Waals surface area contributed by atoms with E-state index >= 15 is 0 Å². The molecule has 0 saturated heterocycles. The summed E-state index contributed by atoms with van der Waals surface area (Å²) in [4.78, 5) is 15.8. The molecule has 0 aliphatic carbocycles. The molecule has 1 aromatic heterocycles. The maximum atomic E-state index is 13.1. The van der Waals surface area contributed by atoms with Crippen molar-refractivity contribution in [3.63, 3.8) is 0 Å². The van der Waals surface area contributed by atoms with E-state index in [-0.39, 0.29) is 10.8 Å². The van der Waals surface area contributed by atoms with Crippen LogP contribution in [0.2, 0.25) is 5.02 Å². The van der Waals surface area contributed by atoms with Gasteiger partial charge in [-0.25, -0.2) is 8.42 Å². The molecule has 0 fully saturated rings. The largest absolute Gasteiger partial charge is 0.334 e.